The highest BCUT2D eigenvalue weighted by molar-refractivity contribution is 5.79. The first-order chi connectivity index (χ1) is 7.69. The highest BCUT2D eigenvalue weighted by atomic mass is 16.6. The molecule has 0 aliphatic heterocycles. The molecule has 0 aliphatic rings. The first-order valence-corrected chi connectivity index (χ1v) is 5.53. The van der Waals surface area contributed by atoms with E-state index in [2.05, 4.69) is 14.9 Å². The quantitative estimate of drug-likeness (QED) is 0.777. The van der Waals surface area contributed by atoms with Crippen LogP contribution in [0.1, 0.15) is 32.4 Å². The second kappa shape index (κ2) is 6.09. The fourth-order valence-corrected chi connectivity index (χ4v) is 1.49. The zero-order valence-corrected chi connectivity index (χ0v) is 9.77. The fourth-order valence-electron chi connectivity index (χ4n) is 1.49. The van der Waals surface area contributed by atoms with Crippen LogP contribution in [0.5, 0.6) is 0 Å². The fraction of sp³-hybridized carbons (Fsp3) is 0.700. The molecule has 1 aromatic heterocycles. The van der Waals surface area contributed by atoms with Crippen molar-refractivity contribution < 1.29 is 9.42 Å². The predicted octanol–water partition coefficient (Wildman–Crippen LogP) is 0.843. The van der Waals surface area contributed by atoms with Gasteiger partial charge in [0.2, 0.25) is 5.91 Å². The highest BCUT2D eigenvalue weighted by Gasteiger charge is 2.16. The van der Waals surface area contributed by atoms with Crippen LogP contribution in [0.15, 0.2) is 4.63 Å². The Bertz CT molecular complexity index is 331. The van der Waals surface area contributed by atoms with Gasteiger partial charge in [0.15, 0.2) is 5.82 Å². The second-order valence-electron chi connectivity index (χ2n) is 3.65. The molecule has 6 heteroatoms. The summed E-state index contributed by atoms with van der Waals surface area (Å²) in [5.41, 5.74) is 5.92. The molecule has 1 heterocycles. The van der Waals surface area contributed by atoms with Gasteiger partial charge in [-0.25, -0.2) is 4.63 Å². The van der Waals surface area contributed by atoms with Crippen LogP contribution < -0.4 is 5.73 Å². The van der Waals surface area contributed by atoms with Gasteiger partial charge in [-0.15, -0.1) is 0 Å². The number of carbonyl (C=O) groups is 1. The molecular formula is C10H18N4O2. The molecule has 1 amide bonds. The zero-order chi connectivity index (χ0) is 12.0. The van der Waals surface area contributed by atoms with Crippen molar-refractivity contribution in [3.63, 3.8) is 0 Å². The number of hydrogen-bond donors (Lipinski definition) is 1. The second-order valence-corrected chi connectivity index (χ2v) is 3.65. The lowest BCUT2D eigenvalue weighted by molar-refractivity contribution is -0.130. The van der Waals surface area contributed by atoms with Crippen LogP contribution in [0.25, 0.3) is 0 Å². The number of nitrogens with two attached hydrogens (primary N) is 1. The number of nitrogen functional groups attached to an aromatic ring is 1. The summed E-state index contributed by atoms with van der Waals surface area (Å²) in [6.07, 6.45) is 2.05. The van der Waals surface area contributed by atoms with Gasteiger partial charge in [0, 0.05) is 13.1 Å². The highest BCUT2D eigenvalue weighted by Crippen LogP contribution is 2.07. The molecule has 0 aromatic carbocycles. The Morgan fingerprint density at radius 3 is 2.38 bits per heavy atom. The van der Waals surface area contributed by atoms with Crippen molar-refractivity contribution in [1.82, 2.24) is 15.2 Å². The largest absolute Gasteiger partial charge is 0.379 e. The van der Waals surface area contributed by atoms with Crippen LogP contribution >= 0.6 is 0 Å². The normalized spacial score (nSPS) is 10.4. The van der Waals surface area contributed by atoms with Gasteiger partial charge in [0.25, 0.3) is 0 Å². The molecular weight excluding hydrogens is 208 g/mol. The van der Waals surface area contributed by atoms with Gasteiger partial charge in [-0.2, -0.15) is 0 Å². The van der Waals surface area contributed by atoms with Gasteiger partial charge < -0.3 is 10.6 Å². The van der Waals surface area contributed by atoms with E-state index in [1.165, 1.54) is 0 Å². The third-order valence-corrected chi connectivity index (χ3v) is 2.24. The molecule has 0 bridgehead atoms. The van der Waals surface area contributed by atoms with Crippen molar-refractivity contribution in [1.29, 1.82) is 0 Å². The van der Waals surface area contributed by atoms with E-state index in [0.717, 1.165) is 25.9 Å². The Hall–Kier alpha value is -1.59. The lowest BCUT2D eigenvalue weighted by Crippen LogP contribution is -2.33. The summed E-state index contributed by atoms with van der Waals surface area (Å²) in [5, 5.41) is 7.04. The van der Waals surface area contributed by atoms with Crippen molar-refractivity contribution in [3.8, 4) is 0 Å². The van der Waals surface area contributed by atoms with Gasteiger partial charge >= 0.3 is 0 Å². The van der Waals surface area contributed by atoms with Crippen molar-refractivity contribution in [2.45, 2.75) is 33.1 Å². The summed E-state index contributed by atoms with van der Waals surface area (Å²) in [4.78, 5) is 13.7. The van der Waals surface area contributed by atoms with Crippen molar-refractivity contribution in [2.75, 3.05) is 18.8 Å². The van der Waals surface area contributed by atoms with Crippen LogP contribution in [-0.4, -0.2) is 34.2 Å². The lowest BCUT2D eigenvalue weighted by Gasteiger charge is -2.20. The summed E-state index contributed by atoms with van der Waals surface area (Å²) >= 11 is 0. The maximum absolute atomic E-state index is 11.9. The van der Waals surface area contributed by atoms with E-state index in [4.69, 9.17) is 5.73 Å². The Balaban J connectivity index is 2.58. The molecule has 1 aromatic rings. The maximum atomic E-state index is 11.9. The number of aromatic nitrogens is 2. The van der Waals surface area contributed by atoms with E-state index in [1.807, 2.05) is 18.7 Å². The molecule has 0 saturated heterocycles. The van der Waals surface area contributed by atoms with E-state index >= 15 is 0 Å². The van der Waals surface area contributed by atoms with Crippen LogP contribution in [0.4, 0.5) is 5.82 Å². The van der Waals surface area contributed by atoms with Gasteiger partial charge in [-0.05, 0) is 18.0 Å². The third-order valence-electron chi connectivity index (χ3n) is 2.24. The average molecular weight is 226 g/mol. The maximum Gasteiger partial charge on any atom is 0.228 e. The number of amides is 1. The molecule has 0 spiro atoms. The van der Waals surface area contributed by atoms with Crippen LogP contribution in [0.3, 0.4) is 0 Å². The summed E-state index contributed by atoms with van der Waals surface area (Å²) in [6.45, 7) is 5.61. The topological polar surface area (TPSA) is 85.2 Å². The van der Waals surface area contributed by atoms with Gasteiger partial charge in [0.05, 0.1) is 6.42 Å². The van der Waals surface area contributed by atoms with Crippen LogP contribution in [-0.2, 0) is 11.2 Å². The summed E-state index contributed by atoms with van der Waals surface area (Å²) < 4.78 is 4.45. The lowest BCUT2D eigenvalue weighted by atomic mass is 10.2. The molecule has 1 rings (SSSR count). The molecule has 6 nitrogen and oxygen atoms in total. The first-order valence-electron chi connectivity index (χ1n) is 5.53. The van der Waals surface area contributed by atoms with Gasteiger partial charge in [-0.3, -0.25) is 4.79 Å². The number of anilines is 1. The zero-order valence-electron chi connectivity index (χ0n) is 9.77. The monoisotopic (exact) mass is 226 g/mol. The number of rotatable bonds is 6. The van der Waals surface area contributed by atoms with E-state index in [0.29, 0.717) is 5.69 Å². The van der Waals surface area contributed by atoms with E-state index in [9.17, 15) is 4.79 Å². The Morgan fingerprint density at radius 2 is 1.94 bits per heavy atom. The Morgan fingerprint density at radius 1 is 1.31 bits per heavy atom. The van der Waals surface area contributed by atoms with Crippen LogP contribution in [0.2, 0.25) is 0 Å². The molecule has 16 heavy (non-hydrogen) atoms. The molecule has 0 unspecified atom stereocenters. The predicted molar refractivity (Wildman–Crippen MR) is 59.6 cm³/mol. The molecule has 90 valence electrons. The van der Waals surface area contributed by atoms with Gasteiger partial charge in [0.1, 0.15) is 5.69 Å². The average Bonchev–Trinajstić information content (AvgIpc) is 2.64. The molecule has 0 radical (unpaired) electrons. The molecule has 2 N–H and O–H groups in total. The molecule has 0 atom stereocenters. The minimum absolute atomic E-state index is 0.0195. The first kappa shape index (κ1) is 12.5. The smallest absolute Gasteiger partial charge is 0.228 e. The molecule has 0 aliphatic carbocycles. The minimum atomic E-state index is 0.0195. The summed E-state index contributed by atoms with van der Waals surface area (Å²) in [7, 11) is 0. The van der Waals surface area contributed by atoms with E-state index in [-0.39, 0.29) is 18.1 Å². The van der Waals surface area contributed by atoms with Crippen molar-refractivity contribution in [3.05, 3.63) is 5.69 Å². The molecule has 0 saturated carbocycles. The molecule has 0 fully saturated rings. The van der Waals surface area contributed by atoms with Crippen molar-refractivity contribution in [2.24, 2.45) is 0 Å². The van der Waals surface area contributed by atoms with Crippen LogP contribution in [0, 0.1) is 0 Å². The van der Waals surface area contributed by atoms with Gasteiger partial charge in [-0.1, -0.05) is 19.0 Å². The number of nitrogens with zero attached hydrogens (tertiary/aromatic N) is 3. The Labute approximate surface area is 94.7 Å². The third kappa shape index (κ3) is 3.22. The summed E-state index contributed by atoms with van der Waals surface area (Å²) in [5.74, 6) is 0.215. The summed E-state index contributed by atoms with van der Waals surface area (Å²) in [6, 6.07) is 0. The minimum Gasteiger partial charge on any atom is -0.379 e. The Kier molecular flexibility index (Phi) is 4.75. The van der Waals surface area contributed by atoms with E-state index in [1.54, 1.807) is 0 Å². The number of carbonyl (C=O) groups excluding carboxylic acids is 1. The van der Waals surface area contributed by atoms with E-state index < -0.39 is 0 Å². The standard InChI is InChI=1S/C10H18N4O2/c1-3-5-14(6-4-2)9(15)7-8-10(11)13-16-12-8/h3-7H2,1-2H3,(H2,11,13). The number of hydrogen-bond acceptors (Lipinski definition) is 5. The SMILES string of the molecule is CCCN(CCC)C(=O)Cc1nonc1N. The van der Waals surface area contributed by atoms with Crippen molar-refractivity contribution >= 4 is 11.7 Å².